The third kappa shape index (κ3) is 5.41. The van der Waals surface area contributed by atoms with Gasteiger partial charge in [-0.2, -0.15) is 0 Å². The van der Waals surface area contributed by atoms with Crippen molar-refractivity contribution < 1.29 is 9.53 Å². The first-order valence-electron chi connectivity index (χ1n) is 8.19. The molecular weight excluding hydrogens is 262 g/mol. The number of rotatable bonds is 4. The molecule has 0 spiro atoms. The quantitative estimate of drug-likeness (QED) is 0.910. The molecule has 21 heavy (non-hydrogen) atoms. The molecule has 3 nitrogen and oxygen atoms in total. The lowest BCUT2D eigenvalue weighted by Gasteiger charge is -2.23. The molecule has 2 rings (SSSR count). The van der Waals surface area contributed by atoms with Crippen LogP contribution < -0.4 is 10.1 Å². The molecule has 1 atom stereocenters. The van der Waals surface area contributed by atoms with Gasteiger partial charge < -0.3 is 10.1 Å². The number of benzene rings is 1. The molecule has 3 heteroatoms. The molecule has 0 aliphatic heterocycles. The van der Waals surface area contributed by atoms with Gasteiger partial charge in [0.2, 0.25) is 0 Å². The Morgan fingerprint density at radius 2 is 1.67 bits per heavy atom. The van der Waals surface area contributed by atoms with E-state index in [1.54, 1.807) is 0 Å². The number of carbonyl (C=O) groups is 1. The second-order valence-corrected chi connectivity index (χ2v) is 6.12. The van der Waals surface area contributed by atoms with Crippen LogP contribution in [-0.2, 0) is 4.79 Å². The van der Waals surface area contributed by atoms with E-state index in [0.717, 1.165) is 18.6 Å². The minimum Gasteiger partial charge on any atom is -0.481 e. The highest BCUT2D eigenvalue weighted by Gasteiger charge is 2.19. The van der Waals surface area contributed by atoms with Crippen molar-refractivity contribution in [3.05, 3.63) is 29.8 Å². The summed E-state index contributed by atoms with van der Waals surface area (Å²) in [7, 11) is 0. The average Bonchev–Trinajstić information content (AvgIpc) is 2.44. The topological polar surface area (TPSA) is 38.3 Å². The van der Waals surface area contributed by atoms with Gasteiger partial charge in [0, 0.05) is 6.04 Å². The second-order valence-electron chi connectivity index (χ2n) is 6.12. The zero-order chi connectivity index (χ0) is 15.1. The summed E-state index contributed by atoms with van der Waals surface area (Å²) >= 11 is 0. The van der Waals surface area contributed by atoms with Crippen LogP contribution in [0.3, 0.4) is 0 Å². The SMILES string of the molecule is Cc1ccc(O[C@H](C)C(=O)NC2CCCCCCC2)cc1. The van der Waals surface area contributed by atoms with Gasteiger partial charge >= 0.3 is 0 Å². The largest absolute Gasteiger partial charge is 0.481 e. The first-order chi connectivity index (χ1) is 10.1. The minimum absolute atomic E-state index is 0.00106. The van der Waals surface area contributed by atoms with Gasteiger partial charge in [0.25, 0.3) is 5.91 Å². The maximum Gasteiger partial charge on any atom is 0.260 e. The van der Waals surface area contributed by atoms with Crippen molar-refractivity contribution in [1.29, 1.82) is 0 Å². The Kier molecular flexibility index (Phi) is 6.09. The number of carbonyl (C=O) groups excluding carboxylic acids is 1. The normalized spacial score (nSPS) is 18.4. The Hall–Kier alpha value is -1.51. The van der Waals surface area contributed by atoms with Crippen LogP contribution in [0.15, 0.2) is 24.3 Å². The fraction of sp³-hybridized carbons (Fsp3) is 0.611. The molecule has 1 amide bonds. The lowest BCUT2D eigenvalue weighted by atomic mass is 9.96. The van der Waals surface area contributed by atoms with Crippen LogP contribution in [0.2, 0.25) is 0 Å². The van der Waals surface area contributed by atoms with Crippen molar-refractivity contribution in [3.8, 4) is 5.75 Å². The molecule has 1 aromatic carbocycles. The number of ether oxygens (including phenoxy) is 1. The maximum atomic E-state index is 12.2. The minimum atomic E-state index is -0.446. The summed E-state index contributed by atoms with van der Waals surface area (Å²) < 4.78 is 5.72. The second kappa shape index (κ2) is 8.06. The highest BCUT2D eigenvalue weighted by atomic mass is 16.5. The summed E-state index contributed by atoms with van der Waals surface area (Å²) in [5.74, 6) is 0.752. The molecular formula is C18H27NO2. The zero-order valence-corrected chi connectivity index (χ0v) is 13.2. The standard InChI is InChI=1S/C18H27NO2/c1-14-10-12-17(13-11-14)21-15(2)18(20)19-16-8-6-4-3-5-7-9-16/h10-13,15-16H,3-9H2,1-2H3,(H,19,20)/t15-/m1/s1. The van der Waals surface area contributed by atoms with Gasteiger partial charge in [0.1, 0.15) is 5.75 Å². The highest BCUT2D eigenvalue weighted by molar-refractivity contribution is 5.81. The molecule has 1 fully saturated rings. The molecule has 1 N–H and O–H groups in total. The zero-order valence-electron chi connectivity index (χ0n) is 13.2. The van der Waals surface area contributed by atoms with E-state index in [2.05, 4.69) is 5.32 Å². The number of amides is 1. The van der Waals surface area contributed by atoms with Gasteiger partial charge in [-0.15, -0.1) is 0 Å². The van der Waals surface area contributed by atoms with Gasteiger partial charge in [0.15, 0.2) is 6.10 Å². The van der Waals surface area contributed by atoms with E-state index in [1.165, 1.54) is 37.7 Å². The molecule has 0 heterocycles. The summed E-state index contributed by atoms with van der Waals surface area (Å²) in [4.78, 5) is 12.2. The number of hydrogen-bond donors (Lipinski definition) is 1. The fourth-order valence-electron chi connectivity index (χ4n) is 2.79. The predicted molar refractivity (Wildman–Crippen MR) is 85.5 cm³/mol. The first-order valence-corrected chi connectivity index (χ1v) is 8.19. The monoisotopic (exact) mass is 289 g/mol. The van der Waals surface area contributed by atoms with Gasteiger partial charge in [-0.25, -0.2) is 0 Å². The summed E-state index contributed by atoms with van der Waals surface area (Å²) in [6.07, 6.45) is 8.12. The molecule has 0 bridgehead atoms. The van der Waals surface area contributed by atoms with E-state index in [9.17, 15) is 4.79 Å². The Morgan fingerprint density at radius 3 is 2.29 bits per heavy atom. The summed E-state index contributed by atoms with van der Waals surface area (Å²) in [5, 5.41) is 3.15. The first kappa shape index (κ1) is 15.9. The van der Waals surface area contributed by atoms with Crippen LogP contribution in [0.4, 0.5) is 0 Å². The van der Waals surface area contributed by atoms with Crippen molar-refractivity contribution >= 4 is 5.91 Å². The highest BCUT2D eigenvalue weighted by Crippen LogP contribution is 2.18. The van der Waals surface area contributed by atoms with Gasteiger partial charge in [0.05, 0.1) is 0 Å². The molecule has 116 valence electrons. The van der Waals surface area contributed by atoms with Crippen molar-refractivity contribution in [2.24, 2.45) is 0 Å². The maximum absolute atomic E-state index is 12.2. The Morgan fingerprint density at radius 1 is 1.10 bits per heavy atom. The van der Waals surface area contributed by atoms with Crippen molar-refractivity contribution in [2.45, 2.75) is 70.9 Å². The van der Waals surface area contributed by atoms with Crippen molar-refractivity contribution in [3.63, 3.8) is 0 Å². The summed E-state index contributed by atoms with van der Waals surface area (Å²) in [5.41, 5.74) is 1.19. The third-order valence-corrected chi connectivity index (χ3v) is 4.15. The summed E-state index contributed by atoms with van der Waals surface area (Å²) in [6.45, 7) is 3.85. The van der Waals surface area contributed by atoms with E-state index in [-0.39, 0.29) is 5.91 Å². The molecule has 1 aliphatic rings. The van der Waals surface area contributed by atoms with E-state index >= 15 is 0 Å². The predicted octanol–water partition coefficient (Wildman–Crippen LogP) is 3.99. The van der Waals surface area contributed by atoms with Crippen LogP contribution in [0.25, 0.3) is 0 Å². The molecule has 0 unspecified atom stereocenters. The van der Waals surface area contributed by atoms with E-state index in [0.29, 0.717) is 6.04 Å². The van der Waals surface area contributed by atoms with Crippen LogP contribution in [-0.4, -0.2) is 18.1 Å². The van der Waals surface area contributed by atoms with Gasteiger partial charge in [-0.3, -0.25) is 4.79 Å². The molecule has 1 aliphatic carbocycles. The van der Waals surface area contributed by atoms with Crippen LogP contribution in [0, 0.1) is 6.92 Å². The third-order valence-electron chi connectivity index (χ3n) is 4.15. The van der Waals surface area contributed by atoms with E-state index in [1.807, 2.05) is 38.1 Å². The Balaban J connectivity index is 1.82. The van der Waals surface area contributed by atoms with Crippen molar-refractivity contribution in [2.75, 3.05) is 0 Å². The number of hydrogen-bond acceptors (Lipinski definition) is 2. The molecule has 0 radical (unpaired) electrons. The Labute approximate surface area is 128 Å². The lowest BCUT2D eigenvalue weighted by Crippen LogP contribution is -2.42. The fourth-order valence-corrected chi connectivity index (χ4v) is 2.79. The summed E-state index contributed by atoms with van der Waals surface area (Å²) in [6, 6.07) is 8.13. The lowest BCUT2D eigenvalue weighted by molar-refractivity contribution is -0.128. The van der Waals surface area contributed by atoms with E-state index in [4.69, 9.17) is 4.74 Å². The molecule has 0 saturated heterocycles. The Bertz CT molecular complexity index is 433. The number of nitrogens with one attached hydrogen (secondary N) is 1. The molecule has 1 saturated carbocycles. The van der Waals surface area contributed by atoms with Crippen LogP contribution >= 0.6 is 0 Å². The number of aryl methyl sites for hydroxylation is 1. The smallest absolute Gasteiger partial charge is 0.260 e. The molecule has 1 aromatic rings. The van der Waals surface area contributed by atoms with Crippen molar-refractivity contribution in [1.82, 2.24) is 5.32 Å². The average molecular weight is 289 g/mol. The molecule has 0 aromatic heterocycles. The van der Waals surface area contributed by atoms with Gasteiger partial charge in [-0.05, 0) is 38.8 Å². The van der Waals surface area contributed by atoms with E-state index < -0.39 is 6.10 Å². The van der Waals surface area contributed by atoms with Crippen LogP contribution in [0.5, 0.6) is 5.75 Å². The van der Waals surface area contributed by atoms with Crippen LogP contribution in [0.1, 0.15) is 57.4 Å². The van der Waals surface area contributed by atoms with Gasteiger partial charge in [-0.1, -0.05) is 49.8 Å².